The normalized spacial score (nSPS) is 21.8. The van der Waals surface area contributed by atoms with Gasteiger partial charge in [-0.05, 0) is 43.0 Å². The molecule has 2 amide bonds. The van der Waals surface area contributed by atoms with Gasteiger partial charge in [0.25, 0.3) is 5.91 Å². The van der Waals surface area contributed by atoms with Gasteiger partial charge in [-0.2, -0.15) is 0 Å². The summed E-state index contributed by atoms with van der Waals surface area (Å²) >= 11 is 0. The number of carbonyl (C=O) groups is 2. The molecule has 2 heterocycles. The van der Waals surface area contributed by atoms with Crippen LogP contribution in [0.4, 0.5) is 5.69 Å². The molecule has 0 spiro atoms. The summed E-state index contributed by atoms with van der Waals surface area (Å²) in [4.78, 5) is 26.5. The molecule has 0 aromatic heterocycles. The van der Waals surface area contributed by atoms with Crippen molar-refractivity contribution >= 4 is 17.5 Å². The summed E-state index contributed by atoms with van der Waals surface area (Å²) in [7, 11) is 0. The molecule has 6 heteroatoms. The van der Waals surface area contributed by atoms with E-state index in [4.69, 9.17) is 4.74 Å². The smallest absolute Gasteiger partial charge is 0.253 e. The highest BCUT2D eigenvalue weighted by Gasteiger charge is 2.21. The maximum atomic E-state index is 12.5. The average Bonchev–Trinajstić information content (AvgIpc) is 2.63. The summed E-state index contributed by atoms with van der Waals surface area (Å²) in [5, 5.41) is 6.14. The number of rotatable bonds is 4. The van der Waals surface area contributed by atoms with Crippen LogP contribution >= 0.6 is 0 Å². The van der Waals surface area contributed by atoms with Crippen molar-refractivity contribution in [2.45, 2.75) is 32.2 Å². The van der Waals surface area contributed by atoms with Crippen molar-refractivity contribution in [3.8, 4) is 0 Å². The molecule has 2 fully saturated rings. The third-order valence-corrected chi connectivity index (χ3v) is 4.92. The molecule has 25 heavy (non-hydrogen) atoms. The predicted octanol–water partition coefficient (Wildman–Crippen LogP) is 1.88. The lowest BCUT2D eigenvalue weighted by Gasteiger charge is -2.30. The molecule has 136 valence electrons. The lowest BCUT2D eigenvalue weighted by atomic mass is 9.98. The summed E-state index contributed by atoms with van der Waals surface area (Å²) in [5.41, 5.74) is 1.39. The molecule has 1 atom stereocenters. The number of benzene rings is 1. The van der Waals surface area contributed by atoms with Gasteiger partial charge in [0.1, 0.15) is 0 Å². The van der Waals surface area contributed by atoms with Crippen LogP contribution in [0.5, 0.6) is 0 Å². The number of hydrogen-bond donors (Lipinski definition) is 2. The highest BCUT2D eigenvalue weighted by Crippen LogP contribution is 2.19. The van der Waals surface area contributed by atoms with Gasteiger partial charge in [0, 0.05) is 43.3 Å². The summed E-state index contributed by atoms with van der Waals surface area (Å²) in [6.07, 6.45) is 2.52. The Kier molecular flexibility index (Phi) is 6.04. The monoisotopic (exact) mass is 345 g/mol. The second kappa shape index (κ2) is 8.45. The number of carbonyl (C=O) groups excluding carboxylic acids is 2. The Labute approximate surface area is 148 Å². The van der Waals surface area contributed by atoms with Crippen molar-refractivity contribution in [1.29, 1.82) is 0 Å². The van der Waals surface area contributed by atoms with Gasteiger partial charge in [-0.3, -0.25) is 9.59 Å². The van der Waals surface area contributed by atoms with E-state index in [2.05, 4.69) is 17.6 Å². The van der Waals surface area contributed by atoms with Crippen LogP contribution in [0, 0.1) is 5.92 Å². The van der Waals surface area contributed by atoms with E-state index in [9.17, 15) is 9.59 Å². The number of ether oxygens (including phenoxy) is 1. The molecule has 0 bridgehead atoms. The summed E-state index contributed by atoms with van der Waals surface area (Å²) in [6, 6.07) is 7.23. The molecule has 1 unspecified atom stereocenters. The van der Waals surface area contributed by atoms with Gasteiger partial charge in [0.15, 0.2) is 0 Å². The summed E-state index contributed by atoms with van der Waals surface area (Å²) in [6.45, 7) is 5.93. The van der Waals surface area contributed by atoms with Crippen LogP contribution in [0.25, 0.3) is 0 Å². The van der Waals surface area contributed by atoms with E-state index in [-0.39, 0.29) is 17.9 Å². The third-order valence-electron chi connectivity index (χ3n) is 4.92. The Morgan fingerprint density at radius 2 is 1.96 bits per heavy atom. The fraction of sp³-hybridized carbons (Fsp3) is 0.579. The molecule has 0 radical (unpaired) electrons. The van der Waals surface area contributed by atoms with Crippen molar-refractivity contribution in [2.75, 3.05) is 38.2 Å². The molecule has 6 nitrogen and oxygen atoms in total. The molecule has 3 rings (SSSR count). The number of likely N-dealkylation sites (tertiary alicyclic amines) is 1. The molecule has 2 saturated heterocycles. The molecule has 2 N–H and O–H groups in total. The molecular weight excluding hydrogens is 318 g/mol. The lowest BCUT2D eigenvalue weighted by molar-refractivity contribution is -0.117. The predicted molar refractivity (Wildman–Crippen MR) is 96.6 cm³/mol. The number of nitrogens with one attached hydrogen (secondary N) is 2. The van der Waals surface area contributed by atoms with Crippen LogP contribution in [-0.4, -0.2) is 55.6 Å². The SMILES string of the molecule is CC1CCN(C(=O)c2ccc(NC(=O)CC3COCCN3)cc2)CC1. The first-order chi connectivity index (χ1) is 12.1. The first-order valence-corrected chi connectivity index (χ1v) is 9.12. The van der Waals surface area contributed by atoms with Crippen molar-refractivity contribution in [2.24, 2.45) is 5.92 Å². The molecule has 1 aromatic carbocycles. The van der Waals surface area contributed by atoms with Crippen LogP contribution in [-0.2, 0) is 9.53 Å². The van der Waals surface area contributed by atoms with Crippen LogP contribution in [0.1, 0.15) is 36.5 Å². The number of morpholine rings is 1. The number of amides is 2. The van der Waals surface area contributed by atoms with Gasteiger partial charge < -0.3 is 20.3 Å². The van der Waals surface area contributed by atoms with E-state index in [0.717, 1.165) is 32.5 Å². The number of hydrogen-bond acceptors (Lipinski definition) is 4. The largest absolute Gasteiger partial charge is 0.378 e. The van der Waals surface area contributed by atoms with E-state index in [1.54, 1.807) is 24.3 Å². The van der Waals surface area contributed by atoms with Gasteiger partial charge in [-0.15, -0.1) is 0 Å². The fourth-order valence-electron chi connectivity index (χ4n) is 3.28. The Morgan fingerprint density at radius 3 is 2.60 bits per heavy atom. The van der Waals surface area contributed by atoms with E-state index >= 15 is 0 Å². The van der Waals surface area contributed by atoms with Gasteiger partial charge in [-0.25, -0.2) is 0 Å². The average molecular weight is 345 g/mol. The summed E-state index contributed by atoms with van der Waals surface area (Å²) < 4.78 is 5.35. The second-order valence-corrected chi connectivity index (χ2v) is 7.03. The van der Waals surface area contributed by atoms with E-state index in [1.165, 1.54) is 0 Å². The maximum absolute atomic E-state index is 12.5. The number of nitrogens with zero attached hydrogens (tertiary/aromatic N) is 1. The van der Waals surface area contributed by atoms with E-state index in [0.29, 0.717) is 36.8 Å². The van der Waals surface area contributed by atoms with Crippen molar-refractivity contribution in [3.63, 3.8) is 0 Å². The van der Waals surface area contributed by atoms with Crippen LogP contribution in [0.15, 0.2) is 24.3 Å². The van der Waals surface area contributed by atoms with Crippen molar-refractivity contribution in [1.82, 2.24) is 10.2 Å². The maximum Gasteiger partial charge on any atom is 0.253 e. The zero-order valence-corrected chi connectivity index (χ0v) is 14.8. The highest BCUT2D eigenvalue weighted by molar-refractivity contribution is 5.96. The van der Waals surface area contributed by atoms with Crippen LogP contribution < -0.4 is 10.6 Å². The molecule has 0 aliphatic carbocycles. The Balaban J connectivity index is 1.51. The standard InChI is InChI=1S/C19H27N3O3/c1-14-6-9-22(10-7-14)19(24)15-2-4-16(5-3-15)21-18(23)12-17-13-25-11-8-20-17/h2-5,14,17,20H,6-13H2,1H3,(H,21,23). The van der Waals surface area contributed by atoms with Gasteiger partial charge >= 0.3 is 0 Å². The fourth-order valence-corrected chi connectivity index (χ4v) is 3.28. The quantitative estimate of drug-likeness (QED) is 0.874. The Hall–Kier alpha value is -1.92. The Bertz CT molecular complexity index is 588. The van der Waals surface area contributed by atoms with Crippen molar-refractivity contribution in [3.05, 3.63) is 29.8 Å². The molecule has 2 aliphatic rings. The second-order valence-electron chi connectivity index (χ2n) is 7.03. The molecular formula is C19H27N3O3. The molecule has 1 aromatic rings. The molecule has 0 saturated carbocycles. The number of piperidine rings is 1. The van der Waals surface area contributed by atoms with Crippen molar-refractivity contribution < 1.29 is 14.3 Å². The third kappa shape index (κ3) is 5.03. The van der Waals surface area contributed by atoms with Gasteiger partial charge in [-0.1, -0.05) is 6.92 Å². The first kappa shape index (κ1) is 17.9. The zero-order chi connectivity index (χ0) is 17.6. The minimum absolute atomic E-state index is 0.0490. The zero-order valence-electron chi connectivity index (χ0n) is 14.8. The lowest BCUT2D eigenvalue weighted by Crippen LogP contribution is -2.43. The van der Waals surface area contributed by atoms with E-state index < -0.39 is 0 Å². The van der Waals surface area contributed by atoms with Crippen LogP contribution in [0.2, 0.25) is 0 Å². The van der Waals surface area contributed by atoms with Crippen LogP contribution in [0.3, 0.4) is 0 Å². The Morgan fingerprint density at radius 1 is 1.24 bits per heavy atom. The first-order valence-electron chi connectivity index (χ1n) is 9.12. The van der Waals surface area contributed by atoms with E-state index in [1.807, 2.05) is 4.90 Å². The minimum Gasteiger partial charge on any atom is -0.378 e. The molecule has 2 aliphatic heterocycles. The van der Waals surface area contributed by atoms with Gasteiger partial charge in [0.05, 0.1) is 13.2 Å². The summed E-state index contributed by atoms with van der Waals surface area (Å²) in [5.74, 6) is 0.728. The number of anilines is 1. The highest BCUT2D eigenvalue weighted by atomic mass is 16.5. The van der Waals surface area contributed by atoms with Gasteiger partial charge in [0.2, 0.25) is 5.91 Å². The minimum atomic E-state index is -0.0490. The topological polar surface area (TPSA) is 70.7 Å².